The lowest BCUT2D eigenvalue weighted by Crippen LogP contribution is -1.90. The molecular formula is C9H7BrN2S. The minimum absolute atomic E-state index is 0.772. The van der Waals surface area contributed by atoms with Gasteiger partial charge in [0.25, 0.3) is 0 Å². The summed E-state index contributed by atoms with van der Waals surface area (Å²) in [6.45, 7) is 0. The normalized spacial score (nSPS) is 10.2. The average Bonchev–Trinajstić information content (AvgIpc) is 2.71. The minimum Gasteiger partial charge on any atom is -0.236 e. The second-order valence-electron chi connectivity index (χ2n) is 2.48. The number of rotatable bonds is 2. The van der Waals surface area contributed by atoms with Crippen LogP contribution in [0.25, 0.3) is 10.7 Å². The zero-order valence-electron chi connectivity index (χ0n) is 6.77. The van der Waals surface area contributed by atoms with Gasteiger partial charge in [-0.2, -0.15) is 0 Å². The van der Waals surface area contributed by atoms with Gasteiger partial charge in [0.1, 0.15) is 0 Å². The van der Waals surface area contributed by atoms with Crippen molar-refractivity contribution in [3.05, 3.63) is 35.5 Å². The number of hydrogen-bond donors (Lipinski definition) is 0. The summed E-state index contributed by atoms with van der Waals surface area (Å²) >= 11 is 5.02. The van der Waals surface area contributed by atoms with E-state index >= 15 is 0 Å². The monoisotopic (exact) mass is 254 g/mol. The van der Waals surface area contributed by atoms with Crippen molar-refractivity contribution < 1.29 is 0 Å². The van der Waals surface area contributed by atoms with Crippen LogP contribution in [0.5, 0.6) is 0 Å². The first-order chi connectivity index (χ1) is 6.40. The van der Waals surface area contributed by atoms with Crippen LogP contribution in [0, 0.1) is 0 Å². The molecule has 0 amide bonds. The van der Waals surface area contributed by atoms with Crippen LogP contribution >= 0.6 is 27.3 Å². The first kappa shape index (κ1) is 8.84. The molecule has 2 rings (SSSR count). The number of thiophene rings is 1. The van der Waals surface area contributed by atoms with Crippen LogP contribution in [-0.4, -0.2) is 9.97 Å². The summed E-state index contributed by atoms with van der Waals surface area (Å²) in [5.74, 6) is 0.812. The van der Waals surface area contributed by atoms with E-state index in [0.717, 1.165) is 21.7 Å². The molecule has 0 atom stereocenters. The van der Waals surface area contributed by atoms with E-state index in [0.29, 0.717) is 0 Å². The van der Waals surface area contributed by atoms with E-state index in [4.69, 9.17) is 0 Å². The number of alkyl halides is 1. The average molecular weight is 255 g/mol. The van der Waals surface area contributed by atoms with Crippen molar-refractivity contribution in [2.75, 3.05) is 0 Å². The molecule has 0 spiro atoms. The van der Waals surface area contributed by atoms with Gasteiger partial charge in [-0.25, -0.2) is 9.97 Å². The van der Waals surface area contributed by atoms with Gasteiger partial charge in [-0.1, -0.05) is 22.0 Å². The first-order valence-electron chi connectivity index (χ1n) is 3.82. The molecule has 4 heteroatoms. The van der Waals surface area contributed by atoms with E-state index in [-0.39, 0.29) is 0 Å². The van der Waals surface area contributed by atoms with Crippen LogP contribution in [0.3, 0.4) is 0 Å². The Hall–Kier alpha value is -0.740. The number of nitrogens with zero attached hydrogens (tertiary/aromatic N) is 2. The fraction of sp³-hybridized carbons (Fsp3) is 0.111. The highest BCUT2D eigenvalue weighted by molar-refractivity contribution is 9.08. The van der Waals surface area contributed by atoms with Gasteiger partial charge in [0.15, 0.2) is 5.82 Å². The van der Waals surface area contributed by atoms with Crippen LogP contribution in [0.1, 0.15) is 5.69 Å². The van der Waals surface area contributed by atoms with Gasteiger partial charge in [-0.15, -0.1) is 11.3 Å². The number of aromatic nitrogens is 2. The highest BCUT2D eigenvalue weighted by Gasteiger charge is 2.01. The third-order valence-corrected chi connectivity index (χ3v) is 3.03. The molecular weight excluding hydrogens is 248 g/mol. The molecule has 0 aliphatic heterocycles. The van der Waals surface area contributed by atoms with Gasteiger partial charge in [-0.05, 0) is 17.5 Å². The highest BCUT2D eigenvalue weighted by Crippen LogP contribution is 2.20. The topological polar surface area (TPSA) is 25.8 Å². The molecule has 0 radical (unpaired) electrons. The van der Waals surface area contributed by atoms with Gasteiger partial charge in [0.2, 0.25) is 0 Å². The Morgan fingerprint density at radius 1 is 1.38 bits per heavy atom. The van der Waals surface area contributed by atoms with Crippen LogP contribution < -0.4 is 0 Å². The Morgan fingerprint density at radius 3 is 3.00 bits per heavy atom. The summed E-state index contributed by atoms with van der Waals surface area (Å²) in [4.78, 5) is 9.71. The molecule has 66 valence electrons. The molecule has 2 nitrogen and oxygen atoms in total. The maximum atomic E-state index is 4.39. The lowest BCUT2D eigenvalue weighted by molar-refractivity contribution is 1.11. The molecule has 0 saturated carbocycles. The molecule has 0 saturated heterocycles. The Balaban J connectivity index is 2.41. The molecule has 13 heavy (non-hydrogen) atoms. The lowest BCUT2D eigenvalue weighted by atomic mass is 10.4. The smallest absolute Gasteiger partial charge is 0.169 e. The van der Waals surface area contributed by atoms with E-state index in [9.17, 15) is 0 Å². The highest BCUT2D eigenvalue weighted by atomic mass is 79.9. The molecule has 2 aromatic heterocycles. The van der Waals surface area contributed by atoms with Gasteiger partial charge in [-0.3, -0.25) is 0 Å². The SMILES string of the molecule is BrCc1ccnc(-c2cccs2)n1. The van der Waals surface area contributed by atoms with E-state index in [2.05, 4.69) is 25.9 Å². The zero-order valence-corrected chi connectivity index (χ0v) is 9.18. The molecule has 0 aliphatic rings. The van der Waals surface area contributed by atoms with Crippen molar-refractivity contribution in [1.29, 1.82) is 0 Å². The van der Waals surface area contributed by atoms with Crippen LogP contribution in [0.15, 0.2) is 29.8 Å². The summed E-state index contributed by atoms with van der Waals surface area (Å²) in [5.41, 5.74) is 1.01. The molecule has 0 unspecified atom stereocenters. The Kier molecular flexibility index (Phi) is 2.71. The van der Waals surface area contributed by atoms with Crippen molar-refractivity contribution in [3.63, 3.8) is 0 Å². The first-order valence-corrected chi connectivity index (χ1v) is 5.82. The van der Waals surface area contributed by atoms with Crippen molar-refractivity contribution in [2.45, 2.75) is 5.33 Å². The largest absolute Gasteiger partial charge is 0.236 e. The number of hydrogen-bond acceptors (Lipinski definition) is 3. The fourth-order valence-corrected chi connectivity index (χ4v) is 1.97. The van der Waals surface area contributed by atoms with Crippen LogP contribution in [0.4, 0.5) is 0 Å². The Morgan fingerprint density at radius 2 is 2.31 bits per heavy atom. The lowest BCUT2D eigenvalue weighted by Gasteiger charge is -1.97. The van der Waals surface area contributed by atoms with Gasteiger partial charge >= 0.3 is 0 Å². The second kappa shape index (κ2) is 3.98. The zero-order chi connectivity index (χ0) is 9.10. The van der Waals surface area contributed by atoms with Crippen molar-refractivity contribution in [3.8, 4) is 10.7 Å². The Bertz CT molecular complexity index is 386. The standard InChI is InChI=1S/C9H7BrN2S/c10-6-7-3-4-11-9(12-7)8-2-1-5-13-8/h1-5H,6H2. The summed E-state index contributed by atoms with van der Waals surface area (Å²) in [6.07, 6.45) is 1.79. The van der Waals surface area contributed by atoms with Crippen LogP contribution in [-0.2, 0) is 5.33 Å². The van der Waals surface area contributed by atoms with Gasteiger partial charge in [0.05, 0.1) is 10.6 Å². The summed E-state index contributed by atoms with van der Waals surface area (Å²) in [7, 11) is 0. The van der Waals surface area contributed by atoms with Crippen molar-refractivity contribution >= 4 is 27.3 Å². The second-order valence-corrected chi connectivity index (χ2v) is 3.99. The van der Waals surface area contributed by atoms with Gasteiger partial charge < -0.3 is 0 Å². The minimum atomic E-state index is 0.772. The maximum absolute atomic E-state index is 4.39. The molecule has 0 aromatic carbocycles. The van der Waals surface area contributed by atoms with E-state index in [1.54, 1.807) is 17.5 Å². The van der Waals surface area contributed by atoms with E-state index in [1.165, 1.54) is 0 Å². The quantitative estimate of drug-likeness (QED) is 0.770. The molecule has 0 aliphatic carbocycles. The van der Waals surface area contributed by atoms with Crippen molar-refractivity contribution in [2.24, 2.45) is 0 Å². The summed E-state index contributed by atoms with van der Waals surface area (Å²) in [6, 6.07) is 5.94. The summed E-state index contributed by atoms with van der Waals surface area (Å²) in [5, 5.41) is 2.80. The maximum Gasteiger partial charge on any atom is 0.169 e. The third kappa shape index (κ3) is 1.95. The molecule has 2 heterocycles. The fourth-order valence-electron chi connectivity index (χ4n) is 0.995. The molecule has 0 N–H and O–H groups in total. The predicted molar refractivity (Wildman–Crippen MR) is 58.0 cm³/mol. The van der Waals surface area contributed by atoms with E-state index < -0.39 is 0 Å². The summed E-state index contributed by atoms with van der Waals surface area (Å²) < 4.78 is 0. The van der Waals surface area contributed by atoms with E-state index in [1.807, 2.05) is 23.6 Å². The Labute approximate surface area is 88.8 Å². The molecule has 0 bridgehead atoms. The van der Waals surface area contributed by atoms with Crippen LogP contribution in [0.2, 0.25) is 0 Å². The molecule has 2 aromatic rings. The predicted octanol–water partition coefficient (Wildman–Crippen LogP) is 3.10. The number of halogens is 1. The van der Waals surface area contributed by atoms with Gasteiger partial charge in [0, 0.05) is 11.5 Å². The van der Waals surface area contributed by atoms with Crippen molar-refractivity contribution in [1.82, 2.24) is 9.97 Å². The molecule has 0 fully saturated rings. The third-order valence-electron chi connectivity index (χ3n) is 1.59.